The molecule has 0 unspecified atom stereocenters. The number of hydrogen-bond donors (Lipinski definition) is 3. The number of nitrogens with zero attached hydrogens (tertiary/aromatic N) is 2. The normalized spacial score (nSPS) is 19.0. The van der Waals surface area contributed by atoms with E-state index in [1.54, 1.807) is 0 Å². The lowest BCUT2D eigenvalue weighted by molar-refractivity contribution is 0.204. The van der Waals surface area contributed by atoms with Crippen LogP contribution < -0.4 is 11.2 Å². The van der Waals surface area contributed by atoms with Gasteiger partial charge >= 0.3 is 0 Å². The predicted octanol–water partition coefficient (Wildman–Crippen LogP) is -0.501. The molecule has 1 aliphatic heterocycles. The number of aliphatic imine (C=N–C) groups is 1. The van der Waals surface area contributed by atoms with Crippen LogP contribution in [0, 0.1) is 0 Å². The van der Waals surface area contributed by atoms with E-state index in [9.17, 15) is 0 Å². The van der Waals surface area contributed by atoms with Crippen LogP contribution in [0.2, 0.25) is 0 Å². The number of likely N-dealkylation sites (N-methyl/N-ethyl adjacent to an activating group) is 1. The molecule has 0 amide bonds. The molecule has 0 aromatic rings. The van der Waals surface area contributed by atoms with Gasteiger partial charge in [0, 0.05) is 26.3 Å². The van der Waals surface area contributed by atoms with Gasteiger partial charge in [-0.25, -0.2) is 0 Å². The van der Waals surface area contributed by atoms with Crippen molar-refractivity contribution in [1.82, 2.24) is 10.4 Å². The molecule has 0 aromatic carbocycles. The molecular formula is C7H14N4O. The van der Waals surface area contributed by atoms with Crippen molar-refractivity contribution in [3.8, 4) is 0 Å². The lowest BCUT2D eigenvalue weighted by atomic mass is 10.3. The average molecular weight is 170 g/mol. The smallest absolute Gasteiger partial charge is 0.150 e. The minimum Gasteiger partial charge on any atom is -0.403 e. The second kappa shape index (κ2) is 3.96. The fourth-order valence-electron chi connectivity index (χ4n) is 1.17. The molecule has 68 valence electrons. The highest BCUT2D eigenvalue weighted by atomic mass is 16.5. The van der Waals surface area contributed by atoms with E-state index in [1.807, 2.05) is 17.4 Å². The van der Waals surface area contributed by atoms with Crippen LogP contribution in [0.1, 0.15) is 6.42 Å². The molecule has 0 spiro atoms. The van der Waals surface area contributed by atoms with E-state index >= 15 is 0 Å². The molecule has 0 atom stereocenters. The first kappa shape index (κ1) is 8.86. The molecular weight excluding hydrogens is 156 g/mol. The van der Waals surface area contributed by atoms with Crippen LogP contribution in [0.3, 0.4) is 0 Å². The van der Waals surface area contributed by atoms with E-state index in [4.69, 9.17) is 10.9 Å². The van der Waals surface area contributed by atoms with Crippen LogP contribution in [0.4, 0.5) is 0 Å². The fourth-order valence-corrected chi connectivity index (χ4v) is 1.17. The fraction of sp³-hybridized carbons (Fsp3) is 0.571. The van der Waals surface area contributed by atoms with Crippen molar-refractivity contribution in [3.05, 3.63) is 11.9 Å². The quantitative estimate of drug-likeness (QED) is 0.488. The van der Waals surface area contributed by atoms with Gasteiger partial charge in [-0.1, -0.05) is 0 Å². The standard InChI is InChI=1S/C7H14N4O/c1-11-4-2-3-9-7(11)6(5-8)10-12/h5,10,12H,2-4,8H2,1H3/b6-5+. The number of hydroxylamine groups is 1. The van der Waals surface area contributed by atoms with Gasteiger partial charge in [0.25, 0.3) is 0 Å². The van der Waals surface area contributed by atoms with Crippen molar-refractivity contribution in [1.29, 1.82) is 0 Å². The Labute approximate surface area is 71.5 Å². The van der Waals surface area contributed by atoms with Gasteiger partial charge in [-0.2, -0.15) is 0 Å². The first-order chi connectivity index (χ1) is 5.79. The van der Waals surface area contributed by atoms with Crippen molar-refractivity contribution < 1.29 is 5.21 Å². The van der Waals surface area contributed by atoms with E-state index < -0.39 is 0 Å². The summed E-state index contributed by atoms with van der Waals surface area (Å²) in [7, 11) is 1.92. The van der Waals surface area contributed by atoms with E-state index in [1.165, 1.54) is 6.20 Å². The Morgan fingerprint density at radius 2 is 2.58 bits per heavy atom. The second-order valence-electron chi connectivity index (χ2n) is 2.67. The van der Waals surface area contributed by atoms with Gasteiger partial charge in [0.05, 0.1) is 0 Å². The number of nitrogens with two attached hydrogens (primary N) is 1. The van der Waals surface area contributed by atoms with Gasteiger partial charge < -0.3 is 10.6 Å². The van der Waals surface area contributed by atoms with Gasteiger partial charge in [-0.05, 0) is 6.42 Å². The first-order valence-electron chi connectivity index (χ1n) is 3.87. The lowest BCUT2D eigenvalue weighted by Crippen LogP contribution is -2.37. The largest absolute Gasteiger partial charge is 0.403 e. The summed E-state index contributed by atoms with van der Waals surface area (Å²) >= 11 is 0. The zero-order valence-electron chi connectivity index (χ0n) is 7.12. The first-order valence-corrected chi connectivity index (χ1v) is 3.87. The molecule has 0 saturated heterocycles. The van der Waals surface area contributed by atoms with E-state index in [0.717, 1.165) is 19.5 Å². The third-order valence-corrected chi connectivity index (χ3v) is 1.80. The Kier molecular flexibility index (Phi) is 2.93. The van der Waals surface area contributed by atoms with Crippen molar-refractivity contribution in [2.45, 2.75) is 6.42 Å². The maximum atomic E-state index is 8.69. The molecule has 1 rings (SSSR count). The molecule has 0 aliphatic carbocycles. The minimum atomic E-state index is 0.456. The zero-order chi connectivity index (χ0) is 8.97. The van der Waals surface area contributed by atoms with Gasteiger partial charge in [-0.15, -0.1) is 0 Å². The summed E-state index contributed by atoms with van der Waals surface area (Å²) in [5, 5.41) is 8.69. The van der Waals surface area contributed by atoms with Crippen molar-refractivity contribution >= 4 is 5.84 Å². The molecule has 0 saturated carbocycles. The molecule has 0 radical (unpaired) electrons. The monoisotopic (exact) mass is 170 g/mol. The summed E-state index contributed by atoms with van der Waals surface area (Å²) in [5.74, 6) is 0.714. The van der Waals surface area contributed by atoms with Gasteiger partial charge in [0.2, 0.25) is 0 Å². The van der Waals surface area contributed by atoms with Crippen molar-refractivity contribution in [2.75, 3.05) is 20.1 Å². The average Bonchev–Trinajstić information content (AvgIpc) is 2.10. The Morgan fingerprint density at radius 1 is 1.83 bits per heavy atom. The molecule has 1 aliphatic rings. The maximum Gasteiger partial charge on any atom is 0.150 e. The van der Waals surface area contributed by atoms with Crippen LogP contribution >= 0.6 is 0 Å². The molecule has 0 fully saturated rings. The maximum absolute atomic E-state index is 8.69. The molecule has 5 nitrogen and oxygen atoms in total. The van der Waals surface area contributed by atoms with Crippen LogP contribution in [-0.4, -0.2) is 36.1 Å². The van der Waals surface area contributed by atoms with Gasteiger partial charge in [0.15, 0.2) is 5.84 Å². The van der Waals surface area contributed by atoms with Gasteiger partial charge in [0.1, 0.15) is 5.70 Å². The Bertz CT molecular complexity index is 211. The van der Waals surface area contributed by atoms with Crippen LogP contribution in [0.15, 0.2) is 16.9 Å². The number of hydrogen-bond acceptors (Lipinski definition) is 5. The topological polar surface area (TPSA) is 73.9 Å². The van der Waals surface area contributed by atoms with Gasteiger partial charge in [-0.3, -0.25) is 15.7 Å². The predicted molar refractivity (Wildman–Crippen MR) is 46.7 cm³/mol. The summed E-state index contributed by atoms with van der Waals surface area (Å²) in [6, 6.07) is 0. The summed E-state index contributed by atoms with van der Waals surface area (Å²) < 4.78 is 0. The van der Waals surface area contributed by atoms with E-state index in [-0.39, 0.29) is 0 Å². The highest BCUT2D eigenvalue weighted by molar-refractivity contribution is 5.97. The Hall–Kier alpha value is -1.23. The van der Waals surface area contributed by atoms with Crippen molar-refractivity contribution in [2.24, 2.45) is 10.7 Å². The van der Waals surface area contributed by atoms with E-state index in [2.05, 4.69) is 4.99 Å². The summed E-state index contributed by atoms with van der Waals surface area (Å²) in [6.45, 7) is 1.73. The molecule has 12 heavy (non-hydrogen) atoms. The zero-order valence-corrected chi connectivity index (χ0v) is 7.12. The molecule has 0 bridgehead atoms. The SMILES string of the molecule is CN1CCCN=C1/C(=C\N)NO. The highest BCUT2D eigenvalue weighted by Crippen LogP contribution is 2.04. The third-order valence-electron chi connectivity index (χ3n) is 1.80. The van der Waals surface area contributed by atoms with E-state index in [0.29, 0.717) is 11.5 Å². The number of amidine groups is 1. The van der Waals surface area contributed by atoms with Crippen LogP contribution in [-0.2, 0) is 0 Å². The van der Waals surface area contributed by atoms with Crippen LogP contribution in [0.25, 0.3) is 0 Å². The summed E-state index contributed by atoms with van der Waals surface area (Å²) in [5.41, 5.74) is 7.76. The van der Waals surface area contributed by atoms with Crippen molar-refractivity contribution in [3.63, 3.8) is 0 Å². The molecule has 0 aromatic heterocycles. The second-order valence-corrected chi connectivity index (χ2v) is 2.67. The molecule has 5 heteroatoms. The number of nitrogens with one attached hydrogen (secondary N) is 1. The lowest BCUT2D eigenvalue weighted by Gasteiger charge is -2.25. The molecule has 1 heterocycles. The summed E-state index contributed by atoms with van der Waals surface area (Å²) in [4.78, 5) is 6.17. The summed E-state index contributed by atoms with van der Waals surface area (Å²) in [6.07, 6.45) is 2.35. The van der Waals surface area contributed by atoms with Crippen LogP contribution in [0.5, 0.6) is 0 Å². The number of rotatable bonds is 2. The third kappa shape index (κ3) is 1.68. The highest BCUT2D eigenvalue weighted by Gasteiger charge is 2.14. The Balaban J connectivity index is 2.77. The molecule has 4 N–H and O–H groups in total. The Morgan fingerprint density at radius 3 is 3.08 bits per heavy atom. The minimum absolute atomic E-state index is 0.456.